The number of rotatable bonds is 7. The number of thiophene rings is 1. The van der Waals surface area contributed by atoms with E-state index in [1.807, 2.05) is 39.0 Å². The van der Waals surface area contributed by atoms with Crippen LogP contribution in [-0.4, -0.2) is 27.8 Å². The highest BCUT2D eigenvalue weighted by molar-refractivity contribution is 7.99. The zero-order valence-corrected chi connectivity index (χ0v) is 18.8. The first-order valence-corrected chi connectivity index (χ1v) is 11.3. The number of aromatic nitrogens is 2. The minimum absolute atomic E-state index is 0.0755. The van der Waals surface area contributed by atoms with Gasteiger partial charge in [-0.05, 0) is 56.0 Å². The van der Waals surface area contributed by atoms with E-state index >= 15 is 0 Å². The molecule has 2 aromatic heterocycles. The van der Waals surface area contributed by atoms with Crippen LogP contribution >= 0.6 is 23.1 Å². The minimum atomic E-state index is -0.118. The molecule has 29 heavy (non-hydrogen) atoms. The summed E-state index contributed by atoms with van der Waals surface area (Å²) in [6.07, 6.45) is 2.42. The van der Waals surface area contributed by atoms with E-state index in [-0.39, 0.29) is 17.2 Å². The number of aryl methyl sites for hydroxylation is 4. The van der Waals surface area contributed by atoms with Crippen LogP contribution in [0.25, 0.3) is 15.9 Å². The number of amides is 1. The van der Waals surface area contributed by atoms with Crippen molar-refractivity contribution in [3.05, 3.63) is 62.8 Å². The van der Waals surface area contributed by atoms with E-state index in [0.717, 1.165) is 38.5 Å². The topological polar surface area (TPSA) is 64.0 Å². The third-order valence-electron chi connectivity index (χ3n) is 4.87. The average molecular weight is 428 g/mol. The summed E-state index contributed by atoms with van der Waals surface area (Å²) in [4.78, 5) is 32.3. The van der Waals surface area contributed by atoms with Gasteiger partial charge in [-0.1, -0.05) is 30.8 Å². The molecule has 3 rings (SSSR count). The molecule has 3 aromatic rings. The van der Waals surface area contributed by atoms with Crippen LogP contribution in [0.1, 0.15) is 28.5 Å². The number of nitrogens with zero attached hydrogens (tertiary/aromatic N) is 2. The first-order chi connectivity index (χ1) is 13.9. The lowest BCUT2D eigenvalue weighted by molar-refractivity contribution is -0.118. The third-order valence-corrected chi connectivity index (χ3v) is 6.85. The minimum Gasteiger partial charge on any atom is -0.352 e. The van der Waals surface area contributed by atoms with Crippen LogP contribution in [0.4, 0.5) is 0 Å². The number of hydrogen-bond donors (Lipinski definition) is 1. The van der Waals surface area contributed by atoms with Gasteiger partial charge in [-0.25, -0.2) is 4.98 Å². The fourth-order valence-electron chi connectivity index (χ4n) is 3.18. The van der Waals surface area contributed by atoms with E-state index in [1.54, 1.807) is 10.6 Å². The van der Waals surface area contributed by atoms with Crippen LogP contribution in [0, 0.1) is 20.8 Å². The summed E-state index contributed by atoms with van der Waals surface area (Å²) in [6, 6.07) is 5.94. The molecule has 0 bridgehead atoms. The van der Waals surface area contributed by atoms with Crippen molar-refractivity contribution in [1.29, 1.82) is 0 Å². The number of hydrogen-bond acceptors (Lipinski definition) is 5. The Balaban J connectivity index is 2.17. The third kappa shape index (κ3) is 4.31. The van der Waals surface area contributed by atoms with Crippen LogP contribution in [0.15, 0.2) is 40.8 Å². The molecular formula is C22H25N3O2S2. The number of carbonyl (C=O) groups excluding carboxylic acids is 1. The maximum atomic E-state index is 13.6. The highest BCUT2D eigenvalue weighted by Crippen LogP contribution is 2.30. The van der Waals surface area contributed by atoms with Crippen molar-refractivity contribution >= 4 is 39.2 Å². The van der Waals surface area contributed by atoms with Gasteiger partial charge in [-0.3, -0.25) is 14.2 Å². The van der Waals surface area contributed by atoms with E-state index in [4.69, 9.17) is 4.98 Å². The molecule has 1 aromatic carbocycles. The van der Waals surface area contributed by atoms with Crippen molar-refractivity contribution < 1.29 is 4.79 Å². The Hall–Kier alpha value is -2.38. The predicted octanol–water partition coefficient (Wildman–Crippen LogP) is 4.33. The zero-order valence-electron chi connectivity index (χ0n) is 17.2. The number of fused-ring (bicyclic) bond motifs is 1. The number of carbonyl (C=O) groups is 1. The summed E-state index contributed by atoms with van der Waals surface area (Å²) < 4.78 is 1.64. The van der Waals surface area contributed by atoms with Gasteiger partial charge in [0.15, 0.2) is 5.16 Å². The molecule has 152 valence electrons. The van der Waals surface area contributed by atoms with Gasteiger partial charge in [0, 0.05) is 11.4 Å². The Morgan fingerprint density at radius 3 is 2.72 bits per heavy atom. The standard InChI is InChI=1S/C22H25N3O2S2/c1-6-10-23-18(26)12-28-22-24-20-19(17(7-2)15(5)29-20)21(27)25(22)16-9-8-13(3)14(4)11-16/h6,8-9,11H,1,7,10,12H2,2-5H3,(H,23,26). The summed E-state index contributed by atoms with van der Waals surface area (Å²) in [6.45, 7) is 12.2. The maximum absolute atomic E-state index is 13.6. The molecule has 0 fully saturated rings. The van der Waals surface area contributed by atoms with Crippen LogP contribution in [-0.2, 0) is 11.2 Å². The Labute approximate surface area is 178 Å². The van der Waals surface area contributed by atoms with E-state index in [2.05, 4.69) is 18.8 Å². The van der Waals surface area contributed by atoms with Gasteiger partial charge in [0.05, 0.1) is 16.8 Å². The summed E-state index contributed by atoms with van der Waals surface area (Å²) >= 11 is 2.81. The molecule has 1 N–H and O–H groups in total. The van der Waals surface area contributed by atoms with Gasteiger partial charge < -0.3 is 5.32 Å². The van der Waals surface area contributed by atoms with Crippen molar-refractivity contribution in [3.8, 4) is 5.69 Å². The van der Waals surface area contributed by atoms with Crippen molar-refractivity contribution in [2.75, 3.05) is 12.3 Å². The van der Waals surface area contributed by atoms with Gasteiger partial charge in [0.2, 0.25) is 5.91 Å². The first kappa shape index (κ1) is 21.3. The molecule has 7 heteroatoms. The average Bonchev–Trinajstić information content (AvgIpc) is 3.02. The monoisotopic (exact) mass is 427 g/mol. The summed E-state index contributed by atoms with van der Waals surface area (Å²) in [7, 11) is 0. The molecular weight excluding hydrogens is 402 g/mol. The van der Waals surface area contributed by atoms with Gasteiger partial charge in [0.25, 0.3) is 5.56 Å². The van der Waals surface area contributed by atoms with Gasteiger partial charge >= 0.3 is 0 Å². The Bertz CT molecular complexity index is 1150. The highest BCUT2D eigenvalue weighted by Gasteiger charge is 2.20. The van der Waals surface area contributed by atoms with Gasteiger partial charge in [0.1, 0.15) is 4.83 Å². The Morgan fingerprint density at radius 2 is 2.07 bits per heavy atom. The molecule has 2 heterocycles. The Morgan fingerprint density at radius 1 is 1.31 bits per heavy atom. The quantitative estimate of drug-likeness (QED) is 0.346. The molecule has 0 aliphatic heterocycles. The van der Waals surface area contributed by atoms with Crippen LogP contribution in [0.2, 0.25) is 0 Å². The second-order valence-corrected chi connectivity index (χ2v) is 9.00. The Kier molecular flexibility index (Phi) is 6.59. The largest absolute Gasteiger partial charge is 0.352 e. The lowest BCUT2D eigenvalue weighted by Crippen LogP contribution is -2.26. The highest BCUT2D eigenvalue weighted by atomic mass is 32.2. The number of nitrogens with one attached hydrogen (secondary N) is 1. The molecule has 0 atom stereocenters. The van der Waals surface area contributed by atoms with Crippen molar-refractivity contribution in [2.45, 2.75) is 39.3 Å². The molecule has 0 unspecified atom stereocenters. The molecule has 0 saturated heterocycles. The molecule has 5 nitrogen and oxygen atoms in total. The van der Waals surface area contributed by atoms with E-state index in [1.165, 1.54) is 23.1 Å². The summed E-state index contributed by atoms with van der Waals surface area (Å²) in [5, 5.41) is 3.98. The molecule has 0 spiro atoms. The number of benzene rings is 1. The van der Waals surface area contributed by atoms with E-state index < -0.39 is 0 Å². The van der Waals surface area contributed by atoms with Crippen LogP contribution < -0.4 is 10.9 Å². The second-order valence-electron chi connectivity index (χ2n) is 6.86. The lowest BCUT2D eigenvalue weighted by Gasteiger charge is -2.14. The fraction of sp³-hybridized carbons (Fsp3) is 0.318. The van der Waals surface area contributed by atoms with Crippen molar-refractivity contribution in [3.63, 3.8) is 0 Å². The van der Waals surface area contributed by atoms with Crippen molar-refractivity contribution in [2.24, 2.45) is 0 Å². The summed E-state index contributed by atoms with van der Waals surface area (Å²) in [5.74, 6) is 0.0641. The molecule has 0 aliphatic rings. The maximum Gasteiger partial charge on any atom is 0.267 e. The van der Waals surface area contributed by atoms with Gasteiger partial charge in [-0.15, -0.1) is 17.9 Å². The summed E-state index contributed by atoms with van der Waals surface area (Å²) in [5.41, 5.74) is 4.02. The second kappa shape index (κ2) is 8.97. The number of thioether (sulfide) groups is 1. The molecule has 0 radical (unpaired) electrons. The normalized spacial score (nSPS) is 11.0. The molecule has 0 saturated carbocycles. The smallest absolute Gasteiger partial charge is 0.267 e. The van der Waals surface area contributed by atoms with Crippen LogP contribution in [0.3, 0.4) is 0 Å². The van der Waals surface area contributed by atoms with Crippen molar-refractivity contribution in [1.82, 2.24) is 14.9 Å². The lowest BCUT2D eigenvalue weighted by atomic mass is 10.1. The van der Waals surface area contributed by atoms with E-state index in [0.29, 0.717) is 17.1 Å². The zero-order chi connectivity index (χ0) is 21.1. The molecule has 1 amide bonds. The SMILES string of the molecule is C=CCNC(=O)CSc1nc2sc(C)c(CC)c2c(=O)n1-c1ccc(C)c(C)c1. The predicted molar refractivity (Wildman–Crippen MR) is 123 cm³/mol. The van der Waals surface area contributed by atoms with E-state index in [9.17, 15) is 9.59 Å². The first-order valence-electron chi connectivity index (χ1n) is 9.50. The molecule has 0 aliphatic carbocycles. The fourth-order valence-corrected chi connectivity index (χ4v) is 5.18. The van der Waals surface area contributed by atoms with Crippen LogP contribution in [0.5, 0.6) is 0 Å². The van der Waals surface area contributed by atoms with Gasteiger partial charge in [-0.2, -0.15) is 0 Å².